The minimum absolute atomic E-state index is 0.353. The number of carbonyl (C=O) groups is 1. The van der Waals surface area contributed by atoms with Crippen LogP contribution in [-0.4, -0.2) is 36.2 Å². The van der Waals surface area contributed by atoms with Gasteiger partial charge in [-0.2, -0.15) is 0 Å². The zero-order chi connectivity index (χ0) is 12.3. The predicted octanol–water partition coefficient (Wildman–Crippen LogP) is 1.31. The van der Waals surface area contributed by atoms with Crippen molar-refractivity contribution in [2.24, 2.45) is 0 Å². The van der Waals surface area contributed by atoms with Crippen molar-refractivity contribution in [1.29, 1.82) is 0 Å². The number of esters is 1. The highest BCUT2D eigenvalue weighted by atomic mass is 16.5. The zero-order valence-corrected chi connectivity index (χ0v) is 9.84. The number of hydrogen-bond donors (Lipinski definition) is 0. The molecular weight excluding hydrogens is 220 g/mol. The van der Waals surface area contributed by atoms with Crippen molar-refractivity contribution in [1.82, 2.24) is 9.38 Å². The van der Waals surface area contributed by atoms with Crippen LogP contribution in [-0.2, 0) is 15.9 Å². The van der Waals surface area contributed by atoms with E-state index in [1.807, 2.05) is 10.6 Å². The molecule has 0 aromatic carbocycles. The summed E-state index contributed by atoms with van der Waals surface area (Å²) in [5, 5.41) is 0. The van der Waals surface area contributed by atoms with Gasteiger partial charge in [0, 0.05) is 25.9 Å². The summed E-state index contributed by atoms with van der Waals surface area (Å²) in [4.78, 5) is 15.8. The van der Waals surface area contributed by atoms with Crippen LogP contribution in [0.1, 0.15) is 16.1 Å². The second kappa shape index (κ2) is 4.97. The van der Waals surface area contributed by atoms with E-state index in [0.717, 1.165) is 17.8 Å². The SMILES string of the molecule is COCCc1cn2ccc(C(=O)OC)cc2n1. The first-order valence-corrected chi connectivity index (χ1v) is 5.29. The van der Waals surface area contributed by atoms with Gasteiger partial charge < -0.3 is 13.9 Å². The summed E-state index contributed by atoms with van der Waals surface area (Å²) in [7, 11) is 3.02. The van der Waals surface area contributed by atoms with Gasteiger partial charge in [0.1, 0.15) is 5.65 Å². The molecule has 0 saturated heterocycles. The fourth-order valence-corrected chi connectivity index (χ4v) is 1.61. The van der Waals surface area contributed by atoms with Crippen LogP contribution in [0, 0.1) is 0 Å². The number of aromatic nitrogens is 2. The molecule has 0 radical (unpaired) electrons. The van der Waals surface area contributed by atoms with Crippen molar-refractivity contribution in [3.8, 4) is 0 Å². The van der Waals surface area contributed by atoms with Gasteiger partial charge in [0.15, 0.2) is 0 Å². The van der Waals surface area contributed by atoms with Crippen LogP contribution < -0.4 is 0 Å². The topological polar surface area (TPSA) is 52.8 Å². The Morgan fingerprint density at radius 3 is 3.00 bits per heavy atom. The molecule has 0 aliphatic rings. The second-order valence-corrected chi connectivity index (χ2v) is 3.65. The molecule has 0 N–H and O–H groups in total. The van der Waals surface area contributed by atoms with E-state index in [1.54, 1.807) is 25.4 Å². The molecule has 0 spiro atoms. The van der Waals surface area contributed by atoms with E-state index in [0.29, 0.717) is 12.2 Å². The Morgan fingerprint density at radius 1 is 1.47 bits per heavy atom. The number of pyridine rings is 1. The summed E-state index contributed by atoms with van der Waals surface area (Å²) in [6, 6.07) is 3.42. The molecule has 0 atom stereocenters. The quantitative estimate of drug-likeness (QED) is 0.748. The first-order chi connectivity index (χ1) is 8.24. The average Bonchev–Trinajstić information content (AvgIpc) is 2.76. The smallest absolute Gasteiger partial charge is 0.338 e. The standard InChI is InChI=1S/C12H14N2O3/c1-16-6-4-10-8-14-5-3-9(12(15)17-2)7-11(14)13-10/h3,5,7-8H,4,6H2,1-2H3. The molecule has 0 aliphatic heterocycles. The van der Waals surface area contributed by atoms with Gasteiger partial charge in [-0.25, -0.2) is 9.78 Å². The molecule has 2 aromatic rings. The molecule has 2 rings (SSSR count). The molecule has 5 nitrogen and oxygen atoms in total. The van der Waals surface area contributed by atoms with Gasteiger partial charge in [-0.15, -0.1) is 0 Å². The van der Waals surface area contributed by atoms with Crippen molar-refractivity contribution in [3.63, 3.8) is 0 Å². The van der Waals surface area contributed by atoms with Gasteiger partial charge in [0.05, 0.1) is 25.0 Å². The molecule has 17 heavy (non-hydrogen) atoms. The van der Waals surface area contributed by atoms with Crippen LogP contribution in [0.3, 0.4) is 0 Å². The van der Waals surface area contributed by atoms with Crippen LogP contribution in [0.4, 0.5) is 0 Å². The maximum atomic E-state index is 11.4. The highest BCUT2D eigenvalue weighted by Gasteiger charge is 2.08. The summed E-state index contributed by atoms with van der Waals surface area (Å²) in [5.41, 5.74) is 2.18. The molecule has 90 valence electrons. The van der Waals surface area contributed by atoms with Gasteiger partial charge in [-0.05, 0) is 12.1 Å². The molecule has 0 unspecified atom stereocenters. The van der Waals surface area contributed by atoms with E-state index < -0.39 is 0 Å². The van der Waals surface area contributed by atoms with Crippen molar-refractivity contribution >= 4 is 11.6 Å². The Labute approximate surface area is 99.0 Å². The van der Waals surface area contributed by atoms with Crippen molar-refractivity contribution in [2.45, 2.75) is 6.42 Å². The summed E-state index contributed by atoms with van der Waals surface area (Å²) in [6.45, 7) is 0.633. The number of fused-ring (bicyclic) bond motifs is 1. The van der Waals surface area contributed by atoms with E-state index >= 15 is 0 Å². The molecule has 5 heteroatoms. The van der Waals surface area contributed by atoms with Crippen LogP contribution in [0.2, 0.25) is 0 Å². The number of rotatable bonds is 4. The first kappa shape index (κ1) is 11.6. The van der Waals surface area contributed by atoms with Crippen LogP contribution in [0.15, 0.2) is 24.5 Å². The molecule has 0 fully saturated rings. The number of imidazole rings is 1. The lowest BCUT2D eigenvalue weighted by Gasteiger charge is -1.98. The maximum absolute atomic E-state index is 11.4. The van der Waals surface area contributed by atoms with Crippen LogP contribution in [0.25, 0.3) is 5.65 Å². The van der Waals surface area contributed by atoms with Crippen molar-refractivity contribution < 1.29 is 14.3 Å². The lowest BCUT2D eigenvalue weighted by atomic mass is 10.3. The Morgan fingerprint density at radius 2 is 2.29 bits per heavy atom. The van der Waals surface area contributed by atoms with E-state index in [2.05, 4.69) is 9.72 Å². The lowest BCUT2D eigenvalue weighted by Crippen LogP contribution is -2.01. The minimum atomic E-state index is -0.353. The third-order valence-corrected chi connectivity index (χ3v) is 2.49. The van der Waals surface area contributed by atoms with Gasteiger partial charge in [-0.1, -0.05) is 0 Å². The lowest BCUT2D eigenvalue weighted by molar-refractivity contribution is 0.0600. The van der Waals surface area contributed by atoms with E-state index in [9.17, 15) is 4.79 Å². The number of carbonyl (C=O) groups excluding carboxylic acids is 1. The third kappa shape index (κ3) is 2.45. The van der Waals surface area contributed by atoms with Gasteiger partial charge in [-0.3, -0.25) is 0 Å². The molecule has 0 saturated carbocycles. The maximum Gasteiger partial charge on any atom is 0.338 e. The molecule has 2 aromatic heterocycles. The Balaban J connectivity index is 2.31. The average molecular weight is 234 g/mol. The minimum Gasteiger partial charge on any atom is -0.465 e. The summed E-state index contributed by atoms with van der Waals surface area (Å²) < 4.78 is 11.5. The predicted molar refractivity (Wildman–Crippen MR) is 62.1 cm³/mol. The highest BCUT2D eigenvalue weighted by molar-refractivity contribution is 5.90. The molecule has 2 heterocycles. The van der Waals surface area contributed by atoms with Gasteiger partial charge in [0.2, 0.25) is 0 Å². The zero-order valence-electron chi connectivity index (χ0n) is 9.84. The monoisotopic (exact) mass is 234 g/mol. The van der Waals surface area contributed by atoms with Crippen molar-refractivity contribution in [3.05, 3.63) is 35.8 Å². The van der Waals surface area contributed by atoms with Crippen LogP contribution in [0.5, 0.6) is 0 Å². The summed E-state index contributed by atoms with van der Waals surface area (Å²) in [6.07, 6.45) is 4.48. The molecule has 0 amide bonds. The summed E-state index contributed by atoms with van der Waals surface area (Å²) >= 11 is 0. The number of hydrogen-bond acceptors (Lipinski definition) is 4. The Hall–Kier alpha value is -1.88. The summed E-state index contributed by atoms with van der Waals surface area (Å²) in [5.74, 6) is -0.353. The van der Waals surface area contributed by atoms with Crippen molar-refractivity contribution in [2.75, 3.05) is 20.8 Å². The number of ether oxygens (including phenoxy) is 2. The van der Waals surface area contributed by atoms with E-state index in [1.165, 1.54) is 7.11 Å². The first-order valence-electron chi connectivity index (χ1n) is 5.29. The molecule has 0 aliphatic carbocycles. The fraction of sp³-hybridized carbons (Fsp3) is 0.333. The van der Waals surface area contributed by atoms with E-state index in [-0.39, 0.29) is 5.97 Å². The van der Waals surface area contributed by atoms with Gasteiger partial charge >= 0.3 is 5.97 Å². The number of methoxy groups -OCH3 is 2. The Kier molecular flexibility index (Phi) is 3.39. The second-order valence-electron chi connectivity index (χ2n) is 3.65. The molecule has 0 bridgehead atoms. The van der Waals surface area contributed by atoms with E-state index in [4.69, 9.17) is 4.74 Å². The largest absolute Gasteiger partial charge is 0.465 e. The third-order valence-electron chi connectivity index (χ3n) is 2.49. The Bertz CT molecular complexity index is 534. The van der Waals surface area contributed by atoms with Gasteiger partial charge in [0.25, 0.3) is 0 Å². The fourth-order valence-electron chi connectivity index (χ4n) is 1.61. The normalized spacial score (nSPS) is 10.7. The highest BCUT2D eigenvalue weighted by Crippen LogP contribution is 2.09. The molecular formula is C12H14N2O3. The van der Waals surface area contributed by atoms with Crippen LogP contribution >= 0.6 is 0 Å². The number of nitrogens with zero attached hydrogens (tertiary/aromatic N) is 2.